The van der Waals surface area contributed by atoms with Crippen molar-refractivity contribution in [3.63, 3.8) is 0 Å². The van der Waals surface area contributed by atoms with Crippen LogP contribution in [0.25, 0.3) is 6.08 Å². The van der Waals surface area contributed by atoms with Crippen molar-refractivity contribution in [2.75, 3.05) is 6.54 Å². The van der Waals surface area contributed by atoms with Crippen LogP contribution < -0.4 is 5.32 Å². The molecule has 0 fully saturated rings. The maximum absolute atomic E-state index is 15.5. The normalized spacial score (nSPS) is 24.3. The summed E-state index contributed by atoms with van der Waals surface area (Å²) in [4.78, 5) is 15.5. The number of allylic oxidation sites excluding steroid dienone is 10. The van der Waals surface area contributed by atoms with Gasteiger partial charge in [0, 0.05) is 27.3 Å². The summed E-state index contributed by atoms with van der Waals surface area (Å²) in [5, 5.41) is 13.7. The number of rotatable bonds is 14. The van der Waals surface area contributed by atoms with Gasteiger partial charge in [-0.05, 0) is 80.1 Å². The first-order chi connectivity index (χ1) is 22.5. The number of hydrogen-bond acceptors (Lipinski definition) is 3. The maximum Gasteiger partial charge on any atom is 0.151 e. The summed E-state index contributed by atoms with van der Waals surface area (Å²) in [6, 6.07) is 8.84. The number of carbonyl (C=O) groups is 1. The van der Waals surface area contributed by atoms with E-state index < -0.39 is 5.41 Å². The molecule has 4 aliphatic rings. The van der Waals surface area contributed by atoms with Crippen LogP contribution in [0.2, 0.25) is 0 Å². The second-order valence-electron chi connectivity index (χ2n) is 13.6. The highest BCUT2D eigenvalue weighted by molar-refractivity contribution is 5.94. The maximum atomic E-state index is 15.5. The highest BCUT2D eigenvalue weighted by Gasteiger charge is 2.47. The molecule has 2 N–H and O–H groups in total. The van der Waals surface area contributed by atoms with E-state index in [1.54, 1.807) is 0 Å². The van der Waals surface area contributed by atoms with Gasteiger partial charge in [0.25, 0.3) is 0 Å². The van der Waals surface area contributed by atoms with Crippen LogP contribution in [0.4, 0.5) is 0 Å². The molecule has 246 valence electrons. The Morgan fingerprint density at radius 3 is 2.76 bits per heavy atom. The Bertz CT molecular complexity index is 1500. The second kappa shape index (κ2) is 16.4. The fourth-order valence-electron chi connectivity index (χ4n) is 8.05. The van der Waals surface area contributed by atoms with Crippen LogP contribution in [0.15, 0.2) is 120 Å². The van der Waals surface area contributed by atoms with E-state index >= 15 is 4.79 Å². The molecule has 6 atom stereocenters. The Morgan fingerprint density at radius 2 is 1.91 bits per heavy atom. The van der Waals surface area contributed by atoms with Gasteiger partial charge in [-0.3, -0.25) is 4.79 Å². The van der Waals surface area contributed by atoms with E-state index in [1.807, 2.05) is 6.92 Å². The third kappa shape index (κ3) is 7.72. The molecule has 0 bridgehead atoms. The van der Waals surface area contributed by atoms with Gasteiger partial charge >= 0.3 is 0 Å². The van der Waals surface area contributed by atoms with Crippen molar-refractivity contribution < 1.29 is 12.8 Å². The summed E-state index contributed by atoms with van der Waals surface area (Å²) in [5.41, 5.74) is 8.58. The fourth-order valence-corrected chi connectivity index (χ4v) is 8.05. The van der Waals surface area contributed by atoms with E-state index in [0.29, 0.717) is 5.92 Å². The zero-order chi connectivity index (χ0) is 32.4. The topological polar surface area (TPSA) is 49.3 Å². The second-order valence-corrected chi connectivity index (χ2v) is 13.6. The van der Waals surface area contributed by atoms with Crippen LogP contribution in [0.1, 0.15) is 98.0 Å². The van der Waals surface area contributed by atoms with Gasteiger partial charge in [0.2, 0.25) is 0 Å². The van der Waals surface area contributed by atoms with Gasteiger partial charge in [-0.1, -0.05) is 136 Å². The minimum Gasteiger partial charge on any atom is -0.393 e. The minimum absolute atomic E-state index is 0. The number of nitrogens with one attached hydrogen (secondary N) is 1. The van der Waals surface area contributed by atoms with E-state index in [9.17, 15) is 5.11 Å². The molecule has 0 radical (unpaired) electrons. The number of Topliss-reactive ketones (excluding diaryl/α,β-unsaturated/α-hetero) is 1. The summed E-state index contributed by atoms with van der Waals surface area (Å²) in [6.07, 6.45) is 35.1. The molecule has 3 nitrogen and oxygen atoms in total. The Balaban J connectivity index is 0.00000312. The third-order valence-corrected chi connectivity index (χ3v) is 10.5. The molecule has 0 saturated carbocycles. The lowest BCUT2D eigenvalue weighted by molar-refractivity contribution is -0.129. The smallest absolute Gasteiger partial charge is 0.151 e. The van der Waals surface area contributed by atoms with Gasteiger partial charge in [0.05, 0.1) is 11.5 Å². The third-order valence-electron chi connectivity index (χ3n) is 10.5. The quantitative estimate of drug-likeness (QED) is 0.124. The molecule has 5 rings (SSSR count). The van der Waals surface area contributed by atoms with E-state index in [1.165, 1.54) is 16.7 Å². The molecule has 1 aromatic carbocycles. The highest BCUT2D eigenvalue weighted by atomic mass is 16.3. The standard InChI is InChI=1S/C43H53NO2.2H2/c1-4-37(29-28-36-21-12-11-20-35-23-17-31-44-41(35)36)43(30-15-7-8-18-32(2)45,38-24-9-5-6-10-25-38)42(46)33(3)39-27-16-22-34-19-13-14-26-40(34)39;;/h5,9-11,13-14,16-17,19-26,32-33,35,39,41,44-45H,1,6-8,12,15,18,27-31H2,2-3H3;2*1H/t32-,33?,35?,39?,41?,43?;;/m1../s1. The lowest BCUT2D eigenvalue weighted by Crippen LogP contribution is -2.41. The van der Waals surface area contributed by atoms with Gasteiger partial charge in [0.1, 0.15) is 0 Å². The first-order valence-corrected chi connectivity index (χ1v) is 17.6. The molecule has 5 unspecified atom stereocenters. The van der Waals surface area contributed by atoms with E-state index in [-0.39, 0.29) is 32.6 Å². The predicted molar refractivity (Wildman–Crippen MR) is 198 cm³/mol. The average Bonchev–Trinajstić information content (AvgIpc) is 3.48. The van der Waals surface area contributed by atoms with Gasteiger partial charge in [-0.2, -0.15) is 0 Å². The van der Waals surface area contributed by atoms with Crippen molar-refractivity contribution in [3.8, 4) is 0 Å². The fraction of sp³-hybridized carbons (Fsp3) is 0.442. The number of carbonyl (C=O) groups excluding carboxylic acids is 1. The van der Waals surface area contributed by atoms with Crippen molar-refractivity contribution in [2.24, 2.45) is 17.3 Å². The first-order valence-electron chi connectivity index (χ1n) is 17.6. The summed E-state index contributed by atoms with van der Waals surface area (Å²) in [5.74, 6) is 0.568. The first kappa shape index (κ1) is 33.9. The molecule has 1 aromatic rings. The number of hydrogen-bond donors (Lipinski definition) is 2. The summed E-state index contributed by atoms with van der Waals surface area (Å²) in [6.45, 7) is 9.18. The largest absolute Gasteiger partial charge is 0.393 e. The zero-order valence-electron chi connectivity index (χ0n) is 28.0. The number of ketones is 1. The van der Waals surface area contributed by atoms with Gasteiger partial charge in [-0.25, -0.2) is 0 Å². The van der Waals surface area contributed by atoms with Crippen molar-refractivity contribution in [1.29, 1.82) is 0 Å². The highest BCUT2D eigenvalue weighted by Crippen LogP contribution is 2.50. The molecular formula is C43H57NO2. The van der Waals surface area contributed by atoms with Gasteiger partial charge in [0.15, 0.2) is 5.78 Å². The van der Waals surface area contributed by atoms with Crippen LogP contribution >= 0.6 is 0 Å². The Kier molecular flexibility index (Phi) is 12.0. The molecule has 46 heavy (non-hydrogen) atoms. The average molecular weight is 620 g/mol. The molecule has 0 amide bonds. The van der Waals surface area contributed by atoms with E-state index in [2.05, 4.69) is 122 Å². The van der Waals surface area contributed by atoms with Crippen molar-refractivity contribution in [3.05, 3.63) is 131 Å². The lowest BCUT2D eigenvalue weighted by Gasteiger charge is -2.40. The van der Waals surface area contributed by atoms with Gasteiger partial charge in [-0.15, -0.1) is 5.73 Å². The van der Waals surface area contributed by atoms with Crippen molar-refractivity contribution in [2.45, 2.75) is 96.1 Å². The molecule has 3 heteroatoms. The molecule has 0 spiro atoms. The molecule has 1 aliphatic heterocycles. The van der Waals surface area contributed by atoms with E-state index in [0.717, 1.165) is 81.9 Å². The van der Waals surface area contributed by atoms with Crippen LogP contribution in [-0.2, 0) is 4.79 Å². The SMILES string of the molecule is C=C=C(CCC1=CCC=CC2C=CCNC12)C(CCCCC[C@@H](C)O)(C(=O)C(C)C1CC=Cc2ccccc21)C1=CC=CCC=C1.[HH].[HH]. The number of aliphatic hydroxyl groups is 1. The summed E-state index contributed by atoms with van der Waals surface area (Å²) < 4.78 is 0. The van der Waals surface area contributed by atoms with Gasteiger partial charge < -0.3 is 10.4 Å². The summed E-state index contributed by atoms with van der Waals surface area (Å²) in [7, 11) is 0. The molecular weight excluding hydrogens is 562 g/mol. The lowest BCUT2D eigenvalue weighted by atomic mass is 9.60. The Hall–Kier alpha value is -3.49. The predicted octanol–water partition coefficient (Wildman–Crippen LogP) is 10.2. The van der Waals surface area contributed by atoms with Crippen LogP contribution in [0.5, 0.6) is 0 Å². The summed E-state index contributed by atoms with van der Waals surface area (Å²) >= 11 is 0. The number of benzene rings is 1. The molecule has 0 saturated heterocycles. The number of fused-ring (bicyclic) bond motifs is 2. The molecule has 1 heterocycles. The molecule has 0 aromatic heterocycles. The van der Waals surface area contributed by atoms with Crippen LogP contribution in [0.3, 0.4) is 0 Å². The minimum atomic E-state index is -0.823. The van der Waals surface area contributed by atoms with Crippen LogP contribution in [0, 0.1) is 17.3 Å². The Labute approximate surface area is 280 Å². The molecule has 3 aliphatic carbocycles. The number of aliphatic hydroxyl groups excluding tert-OH is 1. The van der Waals surface area contributed by atoms with Crippen LogP contribution in [-0.4, -0.2) is 29.6 Å². The van der Waals surface area contributed by atoms with E-state index in [4.69, 9.17) is 0 Å². The van der Waals surface area contributed by atoms with Crippen molar-refractivity contribution in [1.82, 2.24) is 5.32 Å². The number of unbranched alkanes of at least 4 members (excludes halogenated alkanes) is 2. The monoisotopic (exact) mass is 619 g/mol. The Morgan fingerprint density at radius 1 is 1.07 bits per heavy atom. The van der Waals surface area contributed by atoms with Crippen molar-refractivity contribution >= 4 is 11.9 Å². The zero-order valence-corrected chi connectivity index (χ0v) is 28.0.